The van der Waals surface area contributed by atoms with E-state index in [0.717, 1.165) is 0 Å². The van der Waals surface area contributed by atoms with Gasteiger partial charge in [-0.15, -0.1) is 0 Å². The Morgan fingerprint density at radius 2 is 1.56 bits per heavy atom. The minimum atomic E-state index is -1.09. The van der Waals surface area contributed by atoms with Crippen LogP contribution in [0.3, 0.4) is 0 Å². The van der Waals surface area contributed by atoms with Crippen molar-refractivity contribution >= 4 is 23.5 Å². The standard InChI is InChI=1S/C12H18O6/c1-2-9(13)7-8(12(17)18)3-4-10(14)5-6-11(15)16/h8H,2-7H2,1H3,(H,15,16)(H,17,18). The Labute approximate surface area is 105 Å². The van der Waals surface area contributed by atoms with Gasteiger partial charge in [0.25, 0.3) is 0 Å². The molecule has 0 fully saturated rings. The van der Waals surface area contributed by atoms with Crippen LogP contribution in [0.2, 0.25) is 0 Å². The van der Waals surface area contributed by atoms with E-state index in [1.54, 1.807) is 6.92 Å². The topological polar surface area (TPSA) is 109 Å². The average Bonchev–Trinajstić information content (AvgIpc) is 2.30. The summed E-state index contributed by atoms with van der Waals surface area (Å²) in [4.78, 5) is 43.6. The second kappa shape index (κ2) is 8.38. The highest BCUT2D eigenvalue weighted by molar-refractivity contribution is 5.85. The molecule has 0 aliphatic rings. The molecule has 0 aromatic heterocycles. The van der Waals surface area contributed by atoms with Crippen LogP contribution in [0.4, 0.5) is 0 Å². The molecular weight excluding hydrogens is 240 g/mol. The number of carboxylic acids is 2. The summed E-state index contributed by atoms with van der Waals surface area (Å²) in [6, 6.07) is 0. The fraction of sp³-hybridized carbons (Fsp3) is 0.667. The molecule has 0 aromatic rings. The molecule has 0 saturated heterocycles. The van der Waals surface area contributed by atoms with Crippen molar-refractivity contribution in [2.24, 2.45) is 5.92 Å². The van der Waals surface area contributed by atoms with Crippen LogP contribution in [0, 0.1) is 5.92 Å². The molecule has 6 nitrogen and oxygen atoms in total. The Morgan fingerprint density at radius 3 is 2.00 bits per heavy atom. The molecule has 102 valence electrons. The highest BCUT2D eigenvalue weighted by Gasteiger charge is 2.21. The van der Waals surface area contributed by atoms with E-state index < -0.39 is 17.9 Å². The maximum Gasteiger partial charge on any atom is 0.306 e. The number of aliphatic carboxylic acids is 2. The van der Waals surface area contributed by atoms with Crippen molar-refractivity contribution in [1.29, 1.82) is 0 Å². The number of hydrogen-bond donors (Lipinski definition) is 2. The molecule has 0 saturated carbocycles. The summed E-state index contributed by atoms with van der Waals surface area (Å²) in [6.07, 6.45) is -0.0522. The minimum absolute atomic E-state index is 0.00123. The van der Waals surface area contributed by atoms with Gasteiger partial charge in [0, 0.05) is 25.7 Å². The first kappa shape index (κ1) is 16.3. The van der Waals surface area contributed by atoms with Crippen LogP contribution in [-0.2, 0) is 19.2 Å². The third-order valence-corrected chi connectivity index (χ3v) is 2.61. The van der Waals surface area contributed by atoms with E-state index in [1.165, 1.54) is 0 Å². The lowest BCUT2D eigenvalue weighted by molar-refractivity contribution is -0.144. The zero-order valence-electron chi connectivity index (χ0n) is 10.3. The molecule has 0 aliphatic heterocycles. The SMILES string of the molecule is CCC(=O)CC(CCC(=O)CCC(=O)O)C(=O)O. The number of carbonyl (C=O) groups excluding carboxylic acids is 2. The third kappa shape index (κ3) is 7.54. The van der Waals surface area contributed by atoms with Gasteiger partial charge >= 0.3 is 11.9 Å². The number of carbonyl (C=O) groups is 4. The largest absolute Gasteiger partial charge is 0.481 e. The fourth-order valence-corrected chi connectivity index (χ4v) is 1.44. The van der Waals surface area contributed by atoms with Gasteiger partial charge in [-0.3, -0.25) is 19.2 Å². The van der Waals surface area contributed by atoms with Crippen molar-refractivity contribution in [2.45, 2.75) is 45.4 Å². The molecule has 0 aromatic carbocycles. The molecule has 6 heteroatoms. The summed E-state index contributed by atoms with van der Waals surface area (Å²) in [5.41, 5.74) is 0. The number of carboxylic acid groups (broad SMARTS) is 2. The number of rotatable bonds is 10. The van der Waals surface area contributed by atoms with E-state index in [0.29, 0.717) is 0 Å². The highest BCUT2D eigenvalue weighted by Crippen LogP contribution is 2.14. The summed E-state index contributed by atoms with van der Waals surface area (Å²) in [5.74, 6) is -3.44. The van der Waals surface area contributed by atoms with Gasteiger partial charge in [-0.25, -0.2) is 0 Å². The van der Waals surface area contributed by atoms with Crippen LogP contribution in [-0.4, -0.2) is 33.7 Å². The number of Topliss-reactive ketones (excluding diaryl/α,β-unsaturated/α-hetero) is 2. The van der Waals surface area contributed by atoms with Crippen LogP contribution < -0.4 is 0 Å². The lowest BCUT2D eigenvalue weighted by atomic mass is 9.94. The van der Waals surface area contributed by atoms with Crippen molar-refractivity contribution in [3.8, 4) is 0 Å². The summed E-state index contributed by atoms with van der Waals surface area (Å²) in [5, 5.41) is 17.3. The molecule has 0 rings (SSSR count). The summed E-state index contributed by atoms with van der Waals surface area (Å²) >= 11 is 0. The highest BCUT2D eigenvalue weighted by atomic mass is 16.4. The van der Waals surface area contributed by atoms with Gasteiger partial charge in [-0.1, -0.05) is 6.92 Å². The molecule has 1 unspecified atom stereocenters. The van der Waals surface area contributed by atoms with Crippen LogP contribution >= 0.6 is 0 Å². The van der Waals surface area contributed by atoms with Gasteiger partial charge in [0.05, 0.1) is 12.3 Å². The van der Waals surface area contributed by atoms with E-state index in [-0.39, 0.29) is 50.1 Å². The summed E-state index contributed by atoms with van der Waals surface area (Å²) in [7, 11) is 0. The van der Waals surface area contributed by atoms with Crippen molar-refractivity contribution in [3.05, 3.63) is 0 Å². The molecule has 0 heterocycles. The predicted octanol–water partition coefficient (Wildman–Crippen LogP) is 1.27. The van der Waals surface area contributed by atoms with Crippen molar-refractivity contribution in [2.75, 3.05) is 0 Å². The molecule has 18 heavy (non-hydrogen) atoms. The lowest BCUT2D eigenvalue weighted by Crippen LogP contribution is -2.19. The molecule has 1 atom stereocenters. The normalized spacial score (nSPS) is 11.8. The van der Waals surface area contributed by atoms with Gasteiger partial charge in [0.2, 0.25) is 0 Å². The fourth-order valence-electron chi connectivity index (χ4n) is 1.44. The first-order valence-electron chi connectivity index (χ1n) is 5.84. The number of hydrogen-bond acceptors (Lipinski definition) is 4. The smallest absolute Gasteiger partial charge is 0.306 e. The molecule has 0 bridgehead atoms. The molecule has 2 N–H and O–H groups in total. The van der Waals surface area contributed by atoms with Crippen molar-refractivity contribution in [3.63, 3.8) is 0 Å². The minimum Gasteiger partial charge on any atom is -0.481 e. The Bertz CT molecular complexity index is 333. The van der Waals surface area contributed by atoms with Crippen LogP contribution in [0.15, 0.2) is 0 Å². The Morgan fingerprint density at radius 1 is 0.944 bits per heavy atom. The first-order chi connectivity index (χ1) is 8.36. The maximum atomic E-state index is 11.3. The second-order valence-electron chi connectivity index (χ2n) is 4.10. The molecule has 0 radical (unpaired) electrons. The predicted molar refractivity (Wildman–Crippen MR) is 62.2 cm³/mol. The monoisotopic (exact) mass is 258 g/mol. The number of ketones is 2. The zero-order valence-corrected chi connectivity index (χ0v) is 10.3. The van der Waals surface area contributed by atoms with Crippen molar-refractivity contribution in [1.82, 2.24) is 0 Å². The summed E-state index contributed by atoms with van der Waals surface area (Å²) < 4.78 is 0. The Hall–Kier alpha value is -1.72. The zero-order chi connectivity index (χ0) is 14.1. The van der Waals surface area contributed by atoms with Gasteiger partial charge < -0.3 is 10.2 Å². The van der Waals surface area contributed by atoms with E-state index in [2.05, 4.69) is 0 Å². The molecule has 0 amide bonds. The van der Waals surface area contributed by atoms with E-state index in [4.69, 9.17) is 10.2 Å². The maximum absolute atomic E-state index is 11.3. The van der Waals surface area contributed by atoms with Gasteiger partial charge in [0.1, 0.15) is 11.6 Å². The van der Waals surface area contributed by atoms with E-state index >= 15 is 0 Å². The second-order valence-corrected chi connectivity index (χ2v) is 4.10. The van der Waals surface area contributed by atoms with E-state index in [9.17, 15) is 19.2 Å². The van der Waals surface area contributed by atoms with Gasteiger partial charge in [0.15, 0.2) is 0 Å². The molecular formula is C12H18O6. The van der Waals surface area contributed by atoms with Crippen LogP contribution in [0.1, 0.15) is 45.4 Å². The third-order valence-electron chi connectivity index (χ3n) is 2.61. The van der Waals surface area contributed by atoms with E-state index in [1.807, 2.05) is 0 Å². The van der Waals surface area contributed by atoms with Crippen LogP contribution in [0.25, 0.3) is 0 Å². The molecule has 0 aliphatic carbocycles. The quantitative estimate of drug-likeness (QED) is 0.610. The van der Waals surface area contributed by atoms with Crippen molar-refractivity contribution < 1.29 is 29.4 Å². The Balaban J connectivity index is 4.11. The van der Waals surface area contributed by atoms with Gasteiger partial charge in [-0.05, 0) is 6.42 Å². The average molecular weight is 258 g/mol. The molecule has 0 spiro atoms. The summed E-state index contributed by atoms with van der Waals surface area (Å²) in [6.45, 7) is 1.65. The lowest BCUT2D eigenvalue weighted by Gasteiger charge is -2.10. The Kier molecular flexibility index (Phi) is 7.58. The first-order valence-corrected chi connectivity index (χ1v) is 5.84. The van der Waals surface area contributed by atoms with Crippen LogP contribution in [0.5, 0.6) is 0 Å². The van der Waals surface area contributed by atoms with Gasteiger partial charge in [-0.2, -0.15) is 0 Å².